The van der Waals surface area contributed by atoms with Gasteiger partial charge in [-0.1, -0.05) is 12.1 Å². The van der Waals surface area contributed by atoms with Gasteiger partial charge in [0.05, 0.1) is 5.69 Å². The molecule has 160 valence electrons. The van der Waals surface area contributed by atoms with Gasteiger partial charge in [-0.05, 0) is 50.6 Å². The number of nitrogens with one attached hydrogen (secondary N) is 1. The fraction of sp³-hybridized carbons (Fsp3) is 0.364. The van der Waals surface area contributed by atoms with Crippen LogP contribution < -0.4 is 19.7 Å². The van der Waals surface area contributed by atoms with Gasteiger partial charge in [0.15, 0.2) is 0 Å². The molecule has 2 aromatic rings. The third-order valence-corrected chi connectivity index (χ3v) is 4.34. The van der Waals surface area contributed by atoms with Gasteiger partial charge in [0.1, 0.15) is 42.2 Å². The Balaban J connectivity index is 1.69. The zero-order valence-corrected chi connectivity index (χ0v) is 17.4. The number of carbonyl (C=O) groups is 2. The molecule has 0 fully saturated rings. The lowest BCUT2D eigenvalue weighted by Gasteiger charge is -2.23. The summed E-state index contributed by atoms with van der Waals surface area (Å²) in [6.07, 6.45) is -0.688. The molecule has 8 heteroatoms. The number of hydrogen-bond acceptors (Lipinski definition) is 5. The summed E-state index contributed by atoms with van der Waals surface area (Å²) in [6, 6.07) is 10.3. The highest BCUT2D eigenvalue weighted by Crippen LogP contribution is 2.34. The van der Waals surface area contributed by atoms with Crippen molar-refractivity contribution in [2.24, 2.45) is 0 Å². The summed E-state index contributed by atoms with van der Waals surface area (Å²) in [4.78, 5) is 26.3. The first-order valence-electron chi connectivity index (χ1n) is 9.53. The van der Waals surface area contributed by atoms with E-state index in [-0.39, 0.29) is 24.9 Å². The standard InChI is InChI=1S/C22H25FN2O5/c1-22(2,3)30-21(27)24-17-13-29-19-10-9-16(11-18(19)25(4)20(17)26)28-12-14-5-7-15(23)8-6-14/h5-11,17H,12-13H2,1-4H3,(H,24,27)/t17-/m0/s1. The fourth-order valence-electron chi connectivity index (χ4n) is 2.87. The third-order valence-electron chi connectivity index (χ3n) is 4.34. The van der Waals surface area contributed by atoms with E-state index in [2.05, 4.69) is 5.32 Å². The minimum Gasteiger partial charge on any atom is -0.489 e. The molecule has 0 bridgehead atoms. The van der Waals surface area contributed by atoms with Crippen LogP contribution in [0.5, 0.6) is 11.5 Å². The Morgan fingerprint density at radius 3 is 2.60 bits per heavy atom. The molecule has 30 heavy (non-hydrogen) atoms. The fourth-order valence-corrected chi connectivity index (χ4v) is 2.87. The van der Waals surface area contributed by atoms with Gasteiger partial charge in [0.25, 0.3) is 5.91 Å². The van der Waals surface area contributed by atoms with Crippen LogP contribution in [0, 0.1) is 5.82 Å². The van der Waals surface area contributed by atoms with Gasteiger partial charge < -0.3 is 24.4 Å². The van der Waals surface area contributed by atoms with Gasteiger partial charge in [-0.2, -0.15) is 0 Å². The normalized spacial score (nSPS) is 16.2. The Morgan fingerprint density at radius 2 is 1.93 bits per heavy atom. The molecule has 0 radical (unpaired) electrons. The zero-order valence-electron chi connectivity index (χ0n) is 17.4. The molecule has 0 spiro atoms. The lowest BCUT2D eigenvalue weighted by atomic mass is 10.2. The average molecular weight is 416 g/mol. The summed E-state index contributed by atoms with van der Waals surface area (Å²) in [6.45, 7) is 5.46. The highest BCUT2D eigenvalue weighted by molar-refractivity contribution is 6.00. The van der Waals surface area contributed by atoms with Crippen molar-refractivity contribution >= 4 is 17.7 Å². The molecule has 2 amide bonds. The van der Waals surface area contributed by atoms with Crippen molar-refractivity contribution in [2.45, 2.75) is 39.0 Å². The number of amides is 2. The maximum atomic E-state index is 13.0. The van der Waals surface area contributed by atoms with E-state index in [4.69, 9.17) is 14.2 Å². The minimum absolute atomic E-state index is 0.0226. The van der Waals surface area contributed by atoms with Crippen molar-refractivity contribution in [2.75, 3.05) is 18.6 Å². The van der Waals surface area contributed by atoms with Crippen molar-refractivity contribution in [1.82, 2.24) is 5.32 Å². The molecular weight excluding hydrogens is 391 g/mol. The molecule has 7 nitrogen and oxygen atoms in total. The van der Waals surface area contributed by atoms with Crippen molar-refractivity contribution in [3.8, 4) is 11.5 Å². The van der Waals surface area contributed by atoms with Gasteiger partial charge in [0.2, 0.25) is 0 Å². The van der Waals surface area contributed by atoms with Crippen LogP contribution in [0.15, 0.2) is 42.5 Å². The Kier molecular flexibility index (Phi) is 6.14. The number of halogens is 1. The predicted octanol–water partition coefficient (Wildman–Crippen LogP) is 3.65. The van der Waals surface area contributed by atoms with Crippen LogP contribution in [0.3, 0.4) is 0 Å². The molecule has 3 rings (SSSR count). The highest BCUT2D eigenvalue weighted by Gasteiger charge is 2.32. The predicted molar refractivity (Wildman–Crippen MR) is 109 cm³/mol. The lowest BCUT2D eigenvalue weighted by Crippen LogP contribution is -2.50. The second-order valence-electron chi connectivity index (χ2n) is 7.95. The van der Waals surface area contributed by atoms with E-state index in [1.807, 2.05) is 0 Å². The average Bonchev–Trinajstić information content (AvgIpc) is 2.78. The Bertz CT molecular complexity index is 924. The second kappa shape index (κ2) is 8.61. The summed E-state index contributed by atoms with van der Waals surface area (Å²) in [5.41, 5.74) is 0.656. The molecule has 0 aliphatic carbocycles. The number of hydrogen-bond donors (Lipinski definition) is 1. The van der Waals surface area contributed by atoms with E-state index in [0.717, 1.165) is 5.56 Å². The van der Waals surface area contributed by atoms with Crippen LogP contribution in [0.4, 0.5) is 14.9 Å². The Hall–Kier alpha value is -3.29. The zero-order chi connectivity index (χ0) is 21.9. The topological polar surface area (TPSA) is 77.1 Å². The summed E-state index contributed by atoms with van der Waals surface area (Å²) in [7, 11) is 1.60. The maximum Gasteiger partial charge on any atom is 0.408 e. The summed E-state index contributed by atoms with van der Waals surface area (Å²) in [5.74, 6) is 0.374. The number of fused-ring (bicyclic) bond motifs is 1. The Labute approximate surface area is 174 Å². The summed E-state index contributed by atoms with van der Waals surface area (Å²) >= 11 is 0. The number of alkyl carbamates (subject to hydrolysis) is 1. The summed E-state index contributed by atoms with van der Waals surface area (Å²) < 4.78 is 29.7. The van der Waals surface area contributed by atoms with E-state index in [1.165, 1.54) is 17.0 Å². The van der Waals surface area contributed by atoms with E-state index in [9.17, 15) is 14.0 Å². The van der Waals surface area contributed by atoms with Crippen LogP contribution in [-0.4, -0.2) is 37.3 Å². The molecule has 1 aliphatic heterocycles. The Morgan fingerprint density at radius 1 is 1.23 bits per heavy atom. The number of anilines is 1. The number of ether oxygens (including phenoxy) is 3. The first kappa shape index (κ1) is 21.4. The number of benzene rings is 2. The van der Waals surface area contributed by atoms with Crippen molar-refractivity contribution in [3.63, 3.8) is 0 Å². The van der Waals surface area contributed by atoms with Crippen LogP contribution >= 0.6 is 0 Å². The first-order chi connectivity index (χ1) is 14.1. The maximum absolute atomic E-state index is 13.0. The largest absolute Gasteiger partial charge is 0.489 e. The lowest BCUT2D eigenvalue weighted by molar-refractivity contribution is -0.120. The molecule has 1 heterocycles. The highest BCUT2D eigenvalue weighted by atomic mass is 19.1. The summed E-state index contributed by atoms with van der Waals surface area (Å²) in [5, 5.41) is 2.56. The SMILES string of the molecule is CN1C(=O)[C@@H](NC(=O)OC(C)(C)C)COc2ccc(OCc3ccc(F)cc3)cc21. The quantitative estimate of drug-likeness (QED) is 0.823. The smallest absolute Gasteiger partial charge is 0.408 e. The van der Waals surface area contributed by atoms with Crippen LogP contribution in [0.1, 0.15) is 26.3 Å². The molecule has 0 aromatic heterocycles. The second-order valence-corrected chi connectivity index (χ2v) is 7.95. The number of nitrogens with zero attached hydrogens (tertiary/aromatic N) is 1. The monoisotopic (exact) mass is 416 g/mol. The number of likely N-dealkylation sites (N-methyl/N-ethyl adjacent to an activating group) is 1. The molecule has 1 atom stereocenters. The van der Waals surface area contributed by atoms with E-state index in [1.54, 1.807) is 58.2 Å². The molecule has 0 saturated heterocycles. The number of carbonyl (C=O) groups excluding carboxylic acids is 2. The van der Waals surface area contributed by atoms with Crippen molar-refractivity contribution in [3.05, 3.63) is 53.8 Å². The van der Waals surface area contributed by atoms with Crippen LogP contribution in [0.25, 0.3) is 0 Å². The van der Waals surface area contributed by atoms with Gasteiger partial charge in [-0.15, -0.1) is 0 Å². The molecule has 0 unspecified atom stereocenters. The van der Waals surface area contributed by atoms with E-state index >= 15 is 0 Å². The number of rotatable bonds is 4. The molecule has 2 aromatic carbocycles. The van der Waals surface area contributed by atoms with Crippen LogP contribution in [-0.2, 0) is 16.1 Å². The van der Waals surface area contributed by atoms with Gasteiger partial charge in [0, 0.05) is 13.1 Å². The van der Waals surface area contributed by atoms with E-state index in [0.29, 0.717) is 17.2 Å². The molecule has 0 saturated carbocycles. The van der Waals surface area contributed by atoms with Gasteiger partial charge in [-0.3, -0.25) is 4.79 Å². The molecule has 1 aliphatic rings. The minimum atomic E-state index is -0.888. The van der Waals surface area contributed by atoms with Crippen LogP contribution in [0.2, 0.25) is 0 Å². The molecular formula is C22H25FN2O5. The third kappa shape index (κ3) is 5.40. The van der Waals surface area contributed by atoms with Gasteiger partial charge in [-0.25, -0.2) is 9.18 Å². The van der Waals surface area contributed by atoms with Crippen molar-refractivity contribution in [1.29, 1.82) is 0 Å². The van der Waals surface area contributed by atoms with Gasteiger partial charge >= 0.3 is 6.09 Å². The molecule has 1 N–H and O–H groups in total. The van der Waals surface area contributed by atoms with E-state index < -0.39 is 17.7 Å². The first-order valence-corrected chi connectivity index (χ1v) is 9.53. The van der Waals surface area contributed by atoms with Crippen molar-refractivity contribution < 1.29 is 28.2 Å².